The van der Waals surface area contributed by atoms with Crippen molar-refractivity contribution in [3.05, 3.63) is 55.9 Å². The van der Waals surface area contributed by atoms with Gasteiger partial charge >= 0.3 is 0 Å². The van der Waals surface area contributed by atoms with E-state index in [1.165, 1.54) is 22.2 Å². The third kappa shape index (κ3) is 3.19. The summed E-state index contributed by atoms with van der Waals surface area (Å²) >= 11 is 7.58. The Bertz CT molecular complexity index is 1040. The van der Waals surface area contributed by atoms with E-state index in [2.05, 4.69) is 10.3 Å². The molecule has 0 unspecified atom stereocenters. The van der Waals surface area contributed by atoms with Crippen LogP contribution in [0.3, 0.4) is 0 Å². The molecular formula is C18H18ClN3O2S. The summed E-state index contributed by atoms with van der Waals surface area (Å²) in [7, 11) is 0. The van der Waals surface area contributed by atoms with Crippen molar-refractivity contribution in [2.24, 2.45) is 0 Å². The molecule has 0 aliphatic rings. The van der Waals surface area contributed by atoms with Crippen LogP contribution in [-0.2, 0) is 4.79 Å². The van der Waals surface area contributed by atoms with Crippen LogP contribution in [0.4, 0.5) is 5.69 Å². The number of carbonyl (C=O) groups excluding carboxylic acids is 1. The van der Waals surface area contributed by atoms with Gasteiger partial charge in [0.2, 0.25) is 5.91 Å². The fraction of sp³-hybridized carbons (Fsp3) is 0.278. The van der Waals surface area contributed by atoms with Gasteiger partial charge in [-0.2, -0.15) is 0 Å². The van der Waals surface area contributed by atoms with E-state index in [-0.39, 0.29) is 11.5 Å². The van der Waals surface area contributed by atoms with Crippen molar-refractivity contribution in [1.82, 2.24) is 9.55 Å². The number of carbonyl (C=O) groups is 1. The largest absolute Gasteiger partial charge is 0.324 e. The van der Waals surface area contributed by atoms with Gasteiger partial charge in [0, 0.05) is 15.6 Å². The molecule has 3 aromatic rings. The van der Waals surface area contributed by atoms with E-state index in [1.54, 1.807) is 19.1 Å². The summed E-state index contributed by atoms with van der Waals surface area (Å²) < 4.78 is 1.37. The molecule has 0 aliphatic carbocycles. The van der Waals surface area contributed by atoms with Crippen LogP contribution in [0.2, 0.25) is 5.02 Å². The monoisotopic (exact) mass is 375 g/mol. The molecule has 0 bridgehead atoms. The Labute approximate surface area is 154 Å². The average Bonchev–Trinajstić information content (AvgIpc) is 2.86. The first kappa shape index (κ1) is 17.6. The van der Waals surface area contributed by atoms with E-state index in [1.807, 2.05) is 26.8 Å². The standard InChI is InChI=1S/C18H18ClN3O2S/c1-9-5-6-13(7-14(9)19)21-16(23)11(3)22-8-20-17-15(18(22)24)10(2)12(4)25-17/h5-8,11H,1-4H3,(H,21,23)/t11-/m1/s1. The second-order valence-electron chi connectivity index (χ2n) is 6.05. The van der Waals surface area contributed by atoms with E-state index in [9.17, 15) is 9.59 Å². The van der Waals surface area contributed by atoms with Crippen LogP contribution in [0.5, 0.6) is 0 Å². The first-order chi connectivity index (χ1) is 11.8. The minimum Gasteiger partial charge on any atom is -0.324 e. The van der Waals surface area contributed by atoms with Gasteiger partial charge in [0.05, 0.1) is 11.7 Å². The zero-order chi connectivity index (χ0) is 18.3. The summed E-state index contributed by atoms with van der Waals surface area (Å²) in [4.78, 5) is 31.4. The predicted molar refractivity (Wildman–Crippen MR) is 103 cm³/mol. The number of aromatic nitrogens is 2. The molecule has 0 spiro atoms. The van der Waals surface area contributed by atoms with E-state index in [0.717, 1.165) is 16.0 Å². The smallest absolute Gasteiger partial charge is 0.263 e. The molecule has 130 valence electrons. The Kier molecular flexibility index (Phi) is 4.67. The number of benzene rings is 1. The molecule has 2 aromatic heterocycles. The third-order valence-electron chi connectivity index (χ3n) is 4.35. The van der Waals surface area contributed by atoms with E-state index in [0.29, 0.717) is 20.9 Å². The van der Waals surface area contributed by atoms with Crippen molar-refractivity contribution in [1.29, 1.82) is 0 Å². The van der Waals surface area contributed by atoms with Crippen LogP contribution in [-0.4, -0.2) is 15.5 Å². The lowest BCUT2D eigenvalue weighted by molar-refractivity contribution is -0.118. The van der Waals surface area contributed by atoms with Crippen LogP contribution in [0.1, 0.15) is 29.0 Å². The first-order valence-electron chi connectivity index (χ1n) is 7.83. The predicted octanol–water partition coefficient (Wildman–Crippen LogP) is 4.24. The minimum absolute atomic E-state index is 0.198. The Morgan fingerprint density at radius 1 is 1.32 bits per heavy atom. The Morgan fingerprint density at radius 2 is 2.04 bits per heavy atom. The van der Waals surface area contributed by atoms with Crippen molar-refractivity contribution in [2.45, 2.75) is 33.7 Å². The second-order valence-corrected chi connectivity index (χ2v) is 7.66. The summed E-state index contributed by atoms with van der Waals surface area (Å²) in [6, 6.07) is 4.62. The van der Waals surface area contributed by atoms with Crippen molar-refractivity contribution in [3.8, 4) is 0 Å². The number of hydrogen-bond donors (Lipinski definition) is 1. The number of rotatable bonds is 3. The maximum Gasteiger partial charge on any atom is 0.263 e. The van der Waals surface area contributed by atoms with Crippen molar-refractivity contribution in [3.63, 3.8) is 0 Å². The van der Waals surface area contributed by atoms with Gasteiger partial charge in [0.15, 0.2) is 0 Å². The molecule has 0 saturated heterocycles. The molecule has 25 heavy (non-hydrogen) atoms. The lowest BCUT2D eigenvalue weighted by Crippen LogP contribution is -2.31. The maximum absolute atomic E-state index is 12.8. The summed E-state index contributed by atoms with van der Waals surface area (Å²) in [5.74, 6) is -0.298. The van der Waals surface area contributed by atoms with E-state index >= 15 is 0 Å². The number of fused-ring (bicyclic) bond motifs is 1. The zero-order valence-corrected chi connectivity index (χ0v) is 16.0. The molecular weight excluding hydrogens is 358 g/mol. The molecule has 1 atom stereocenters. The highest BCUT2D eigenvalue weighted by atomic mass is 35.5. The molecule has 0 saturated carbocycles. The van der Waals surface area contributed by atoms with Gasteiger partial charge in [-0.3, -0.25) is 14.2 Å². The lowest BCUT2D eigenvalue weighted by atomic mass is 10.2. The molecule has 3 rings (SSSR count). The van der Waals surface area contributed by atoms with Crippen molar-refractivity contribution in [2.75, 3.05) is 5.32 Å². The third-order valence-corrected chi connectivity index (χ3v) is 5.87. The summed E-state index contributed by atoms with van der Waals surface area (Å²) in [6.07, 6.45) is 1.44. The number of hydrogen-bond acceptors (Lipinski definition) is 4. The number of anilines is 1. The second kappa shape index (κ2) is 6.61. The van der Waals surface area contributed by atoms with Gasteiger partial charge < -0.3 is 5.32 Å². The number of amides is 1. The molecule has 2 heterocycles. The number of nitrogens with zero attached hydrogens (tertiary/aromatic N) is 2. The maximum atomic E-state index is 12.8. The molecule has 0 radical (unpaired) electrons. The molecule has 0 aliphatic heterocycles. The molecule has 5 nitrogen and oxygen atoms in total. The van der Waals surface area contributed by atoms with Crippen LogP contribution in [0.15, 0.2) is 29.3 Å². The molecule has 1 N–H and O–H groups in total. The molecule has 7 heteroatoms. The van der Waals surface area contributed by atoms with Crippen molar-refractivity contribution >= 4 is 44.7 Å². The Morgan fingerprint density at radius 3 is 2.72 bits per heavy atom. The molecule has 0 fully saturated rings. The van der Waals surface area contributed by atoms with Gasteiger partial charge in [0.1, 0.15) is 10.9 Å². The minimum atomic E-state index is -0.691. The van der Waals surface area contributed by atoms with Gasteiger partial charge in [-0.15, -0.1) is 11.3 Å². The normalized spacial score (nSPS) is 12.4. The zero-order valence-electron chi connectivity index (χ0n) is 14.4. The number of aryl methyl sites for hydroxylation is 3. The number of nitrogens with one attached hydrogen (secondary N) is 1. The van der Waals surface area contributed by atoms with Crippen LogP contribution in [0.25, 0.3) is 10.2 Å². The number of thiophene rings is 1. The highest BCUT2D eigenvalue weighted by molar-refractivity contribution is 7.18. The number of halogens is 1. The van der Waals surface area contributed by atoms with E-state index in [4.69, 9.17) is 11.6 Å². The molecule has 1 aromatic carbocycles. The lowest BCUT2D eigenvalue weighted by Gasteiger charge is -2.15. The van der Waals surface area contributed by atoms with Gasteiger partial charge in [-0.1, -0.05) is 17.7 Å². The van der Waals surface area contributed by atoms with Crippen LogP contribution >= 0.6 is 22.9 Å². The van der Waals surface area contributed by atoms with E-state index < -0.39 is 6.04 Å². The van der Waals surface area contributed by atoms with Crippen LogP contribution in [0, 0.1) is 20.8 Å². The average molecular weight is 376 g/mol. The fourth-order valence-corrected chi connectivity index (χ4v) is 3.74. The Balaban J connectivity index is 1.93. The quantitative estimate of drug-likeness (QED) is 0.744. The van der Waals surface area contributed by atoms with Gasteiger partial charge in [-0.25, -0.2) is 4.98 Å². The summed E-state index contributed by atoms with van der Waals surface area (Å²) in [5.41, 5.74) is 2.25. The van der Waals surface area contributed by atoms with Crippen molar-refractivity contribution < 1.29 is 4.79 Å². The summed E-state index contributed by atoms with van der Waals surface area (Å²) in [5, 5.41) is 3.96. The summed E-state index contributed by atoms with van der Waals surface area (Å²) in [6.45, 7) is 7.43. The SMILES string of the molecule is Cc1ccc(NC(=O)[C@@H](C)n2cnc3sc(C)c(C)c3c2=O)cc1Cl. The fourth-order valence-electron chi connectivity index (χ4n) is 2.57. The topological polar surface area (TPSA) is 64.0 Å². The Hall–Kier alpha value is -2.18. The molecule has 1 amide bonds. The van der Waals surface area contributed by atoms with Gasteiger partial charge in [-0.05, 0) is 51.0 Å². The first-order valence-corrected chi connectivity index (χ1v) is 9.03. The highest BCUT2D eigenvalue weighted by Crippen LogP contribution is 2.26. The van der Waals surface area contributed by atoms with Gasteiger partial charge in [0.25, 0.3) is 5.56 Å². The highest BCUT2D eigenvalue weighted by Gasteiger charge is 2.20. The van der Waals surface area contributed by atoms with Crippen LogP contribution < -0.4 is 10.9 Å².